The average Bonchev–Trinajstić information content (AvgIpc) is 2.42. The highest BCUT2D eigenvalue weighted by Gasteiger charge is 2.19. The Bertz CT molecular complexity index is 733. The van der Waals surface area contributed by atoms with E-state index in [4.69, 9.17) is 0 Å². The van der Waals surface area contributed by atoms with Crippen molar-refractivity contribution in [2.45, 2.75) is 19.5 Å². The molecule has 20 heavy (non-hydrogen) atoms. The summed E-state index contributed by atoms with van der Waals surface area (Å²) in [5.74, 6) is 0. The average molecular weight is 383 g/mol. The summed E-state index contributed by atoms with van der Waals surface area (Å²) >= 11 is 2.28. The highest BCUT2D eigenvalue weighted by atomic mass is 127. The van der Waals surface area contributed by atoms with E-state index < -0.39 is 5.69 Å². The molecule has 6 heteroatoms. The Labute approximate surface area is 129 Å². The second-order valence-corrected chi connectivity index (χ2v) is 6.20. The Balaban J connectivity index is 1.80. The van der Waals surface area contributed by atoms with E-state index in [0.29, 0.717) is 18.5 Å². The molecule has 0 spiro atoms. The third-order valence-electron chi connectivity index (χ3n) is 3.51. The number of H-pyrrole nitrogens is 2. The topological polar surface area (TPSA) is 69.0 Å². The molecule has 3 rings (SSSR count). The van der Waals surface area contributed by atoms with Gasteiger partial charge >= 0.3 is 5.69 Å². The quantitative estimate of drug-likeness (QED) is 0.767. The number of aromatic amines is 2. The van der Waals surface area contributed by atoms with E-state index >= 15 is 0 Å². The number of aromatic nitrogens is 2. The summed E-state index contributed by atoms with van der Waals surface area (Å²) in [5, 5.41) is 0. The van der Waals surface area contributed by atoms with Gasteiger partial charge in [0.05, 0.1) is 5.56 Å². The standard InChI is InChI=1S/C14H14IN3O2/c15-10-3-1-9(2-4-10)7-18-6-5-12-11(8-18)13(19)17-14(20)16-12/h1-4H,5-8H2,(H2,16,17,19,20). The molecule has 5 nitrogen and oxygen atoms in total. The maximum atomic E-state index is 11.8. The normalized spacial score (nSPS) is 15.1. The van der Waals surface area contributed by atoms with Gasteiger partial charge in [-0.25, -0.2) is 4.79 Å². The van der Waals surface area contributed by atoms with Crippen LogP contribution in [-0.2, 0) is 19.5 Å². The van der Waals surface area contributed by atoms with Gasteiger partial charge in [-0.1, -0.05) is 12.1 Å². The molecule has 0 fully saturated rings. The number of fused-ring (bicyclic) bond motifs is 1. The van der Waals surface area contributed by atoms with Crippen LogP contribution in [0.2, 0.25) is 0 Å². The van der Waals surface area contributed by atoms with Gasteiger partial charge in [0.15, 0.2) is 0 Å². The van der Waals surface area contributed by atoms with Crippen LogP contribution in [0.25, 0.3) is 0 Å². The number of halogens is 1. The van der Waals surface area contributed by atoms with E-state index in [0.717, 1.165) is 18.8 Å². The van der Waals surface area contributed by atoms with E-state index in [1.54, 1.807) is 0 Å². The van der Waals surface area contributed by atoms with Gasteiger partial charge in [-0.2, -0.15) is 0 Å². The fraction of sp³-hybridized carbons (Fsp3) is 0.286. The van der Waals surface area contributed by atoms with Crippen LogP contribution in [0.4, 0.5) is 0 Å². The van der Waals surface area contributed by atoms with Crippen molar-refractivity contribution in [3.05, 3.63) is 65.5 Å². The molecule has 0 aliphatic carbocycles. The van der Waals surface area contributed by atoms with Crippen LogP contribution in [0.3, 0.4) is 0 Å². The molecule has 0 bridgehead atoms. The van der Waals surface area contributed by atoms with Gasteiger partial charge in [-0.15, -0.1) is 0 Å². The number of benzene rings is 1. The number of rotatable bonds is 2. The molecule has 2 N–H and O–H groups in total. The fourth-order valence-corrected chi connectivity index (χ4v) is 2.86. The first kappa shape index (κ1) is 13.6. The van der Waals surface area contributed by atoms with E-state index in [9.17, 15) is 9.59 Å². The summed E-state index contributed by atoms with van der Waals surface area (Å²) in [6.45, 7) is 2.24. The van der Waals surface area contributed by atoms with Gasteiger partial charge in [-0.3, -0.25) is 14.7 Å². The molecular weight excluding hydrogens is 369 g/mol. The van der Waals surface area contributed by atoms with Crippen LogP contribution in [-0.4, -0.2) is 21.4 Å². The first-order chi connectivity index (χ1) is 9.61. The van der Waals surface area contributed by atoms with E-state index in [1.807, 2.05) is 0 Å². The van der Waals surface area contributed by atoms with Crippen molar-refractivity contribution >= 4 is 22.6 Å². The summed E-state index contributed by atoms with van der Waals surface area (Å²) in [7, 11) is 0. The van der Waals surface area contributed by atoms with Crippen LogP contribution in [0.5, 0.6) is 0 Å². The van der Waals surface area contributed by atoms with E-state index in [1.165, 1.54) is 9.13 Å². The van der Waals surface area contributed by atoms with Crippen molar-refractivity contribution in [2.75, 3.05) is 6.54 Å². The van der Waals surface area contributed by atoms with Gasteiger partial charge in [0, 0.05) is 35.3 Å². The van der Waals surface area contributed by atoms with Gasteiger partial charge in [0.2, 0.25) is 0 Å². The van der Waals surface area contributed by atoms with Gasteiger partial charge in [-0.05, 0) is 40.3 Å². The van der Waals surface area contributed by atoms with Gasteiger partial charge in [0.25, 0.3) is 5.56 Å². The van der Waals surface area contributed by atoms with Crippen LogP contribution in [0.1, 0.15) is 16.8 Å². The molecule has 1 aliphatic heterocycles. The monoisotopic (exact) mass is 383 g/mol. The SMILES string of the molecule is O=c1[nH]c2c(c(=O)[nH]1)CN(Cc1ccc(I)cc1)CC2. The summed E-state index contributed by atoms with van der Waals surface area (Å²) in [5.41, 5.74) is 2.00. The molecule has 2 heterocycles. The molecule has 1 aromatic heterocycles. The summed E-state index contributed by atoms with van der Waals surface area (Å²) < 4.78 is 1.21. The first-order valence-corrected chi connectivity index (χ1v) is 7.51. The van der Waals surface area contributed by atoms with Crippen LogP contribution in [0, 0.1) is 3.57 Å². The summed E-state index contributed by atoms with van der Waals surface area (Å²) in [6.07, 6.45) is 0.707. The highest BCUT2D eigenvalue weighted by molar-refractivity contribution is 14.1. The number of hydrogen-bond acceptors (Lipinski definition) is 3. The molecule has 0 unspecified atom stereocenters. The number of hydrogen-bond donors (Lipinski definition) is 2. The fourth-order valence-electron chi connectivity index (χ4n) is 2.50. The second kappa shape index (κ2) is 5.53. The Hall–Kier alpha value is -1.41. The first-order valence-electron chi connectivity index (χ1n) is 6.43. The largest absolute Gasteiger partial charge is 0.325 e. The van der Waals surface area contributed by atoms with E-state index in [-0.39, 0.29) is 5.56 Å². The zero-order valence-corrected chi connectivity index (χ0v) is 12.9. The van der Waals surface area contributed by atoms with Crippen molar-refractivity contribution < 1.29 is 0 Å². The van der Waals surface area contributed by atoms with Gasteiger partial charge < -0.3 is 4.98 Å². The molecule has 0 saturated heterocycles. The maximum absolute atomic E-state index is 11.8. The smallest absolute Gasteiger partial charge is 0.311 e. The minimum atomic E-state index is -0.417. The van der Waals surface area contributed by atoms with Crippen molar-refractivity contribution in [3.8, 4) is 0 Å². The zero-order valence-electron chi connectivity index (χ0n) is 10.8. The predicted molar refractivity (Wildman–Crippen MR) is 84.7 cm³/mol. The lowest BCUT2D eigenvalue weighted by molar-refractivity contribution is 0.241. The molecular formula is C14H14IN3O2. The molecule has 1 aliphatic rings. The van der Waals surface area contributed by atoms with E-state index in [2.05, 4.69) is 61.7 Å². The third kappa shape index (κ3) is 2.85. The summed E-state index contributed by atoms with van der Waals surface area (Å²) in [4.78, 5) is 30.3. The minimum absolute atomic E-state index is 0.268. The molecule has 0 amide bonds. The number of nitrogens with one attached hydrogen (secondary N) is 2. The molecule has 1 aromatic carbocycles. The second-order valence-electron chi connectivity index (χ2n) is 4.95. The third-order valence-corrected chi connectivity index (χ3v) is 4.23. The van der Waals surface area contributed by atoms with Crippen LogP contribution < -0.4 is 11.2 Å². The molecule has 0 atom stereocenters. The lowest BCUT2D eigenvalue weighted by atomic mass is 10.1. The highest BCUT2D eigenvalue weighted by Crippen LogP contribution is 2.16. The van der Waals surface area contributed by atoms with Gasteiger partial charge in [0.1, 0.15) is 0 Å². The Morgan fingerprint density at radius 1 is 1.15 bits per heavy atom. The molecule has 104 valence electrons. The van der Waals surface area contributed by atoms with Crippen molar-refractivity contribution in [1.29, 1.82) is 0 Å². The van der Waals surface area contributed by atoms with Crippen LogP contribution in [0.15, 0.2) is 33.9 Å². The molecule has 0 saturated carbocycles. The van der Waals surface area contributed by atoms with Crippen molar-refractivity contribution in [1.82, 2.24) is 14.9 Å². The predicted octanol–water partition coefficient (Wildman–Crippen LogP) is 1.23. The lowest BCUT2D eigenvalue weighted by Gasteiger charge is -2.27. The molecule has 2 aromatic rings. The van der Waals surface area contributed by atoms with Crippen molar-refractivity contribution in [3.63, 3.8) is 0 Å². The minimum Gasteiger partial charge on any atom is -0.311 e. The maximum Gasteiger partial charge on any atom is 0.325 e. The zero-order chi connectivity index (χ0) is 14.1. The van der Waals surface area contributed by atoms with Crippen molar-refractivity contribution in [2.24, 2.45) is 0 Å². The Kier molecular flexibility index (Phi) is 3.75. The Morgan fingerprint density at radius 3 is 2.65 bits per heavy atom. The Morgan fingerprint density at radius 2 is 1.90 bits per heavy atom. The van der Waals surface area contributed by atoms with Crippen LogP contribution >= 0.6 is 22.6 Å². The number of nitrogens with zero attached hydrogens (tertiary/aromatic N) is 1. The lowest BCUT2D eigenvalue weighted by Crippen LogP contribution is -2.38. The molecule has 0 radical (unpaired) electrons. The summed E-state index contributed by atoms with van der Waals surface area (Å²) in [6, 6.07) is 8.37.